The van der Waals surface area contributed by atoms with Crippen LogP contribution in [0.4, 0.5) is 5.69 Å². The van der Waals surface area contributed by atoms with E-state index in [1.165, 1.54) is 11.3 Å². The molecule has 1 aliphatic rings. The summed E-state index contributed by atoms with van der Waals surface area (Å²) >= 11 is 1.33. The van der Waals surface area contributed by atoms with E-state index in [0.717, 1.165) is 24.3 Å². The number of carbonyl (C=O) groups is 1. The van der Waals surface area contributed by atoms with Crippen LogP contribution < -0.4 is 5.73 Å². The molecule has 94 valence electrons. The SMILES string of the molecule is CC1CCN(C(=O)c2sc3nccnc3c2N)C1. The lowest BCUT2D eigenvalue weighted by molar-refractivity contribution is 0.0794. The highest BCUT2D eigenvalue weighted by Gasteiger charge is 2.27. The van der Waals surface area contributed by atoms with Gasteiger partial charge in [-0.15, -0.1) is 11.3 Å². The molecule has 0 aliphatic carbocycles. The first-order valence-corrected chi connectivity index (χ1v) is 6.76. The van der Waals surface area contributed by atoms with Gasteiger partial charge in [0.2, 0.25) is 0 Å². The number of aromatic nitrogens is 2. The van der Waals surface area contributed by atoms with Gasteiger partial charge in [-0.3, -0.25) is 4.79 Å². The van der Waals surface area contributed by atoms with Crippen LogP contribution in [0.1, 0.15) is 23.0 Å². The minimum absolute atomic E-state index is 0.0154. The van der Waals surface area contributed by atoms with Gasteiger partial charge in [-0.05, 0) is 12.3 Å². The Labute approximate surface area is 109 Å². The predicted octanol–water partition coefficient (Wildman–Crippen LogP) is 1.76. The van der Waals surface area contributed by atoms with E-state index in [1.807, 2.05) is 4.90 Å². The molecule has 0 saturated carbocycles. The van der Waals surface area contributed by atoms with E-state index < -0.39 is 0 Å². The van der Waals surface area contributed by atoms with Gasteiger partial charge >= 0.3 is 0 Å². The van der Waals surface area contributed by atoms with E-state index in [2.05, 4.69) is 16.9 Å². The van der Waals surface area contributed by atoms with Crippen LogP contribution in [0.5, 0.6) is 0 Å². The van der Waals surface area contributed by atoms with Crippen LogP contribution in [0.15, 0.2) is 12.4 Å². The standard InChI is InChI=1S/C12H14N4OS/c1-7-2-5-16(6-7)12(17)10-8(13)9-11(18-10)15-4-3-14-9/h3-4,7H,2,5-6,13H2,1H3. The molecule has 3 rings (SSSR count). The summed E-state index contributed by atoms with van der Waals surface area (Å²) in [5, 5.41) is 0. The number of amides is 1. The smallest absolute Gasteiger partial charge is 0.266 e. The van der Waals surface area contributed by atoms with Gasteiger partial charge in [0.15, 0.2) is 0 Å². The molecule has 1 amide bonds. The maximum atomic E-state index is 12.4. The second-order valence-electron chi connectivity index (χ2n) is 4.70. The molecule has 2 aromatic rings. The van der Waals surface area contributed by atoms with Crippen LogP contribution in [0.3, 0.4) is 0 Å². The van der Waals surface area contributed by atoms with Crippen molar-refractivity contribution in [1.82, 2.24) is 14.9 Å². The Morgan fingerprint density at radius 3 is 2.94 bits per heavy atom. The molecule has 0 radical (unpaired) electrons. The average molecular weight is 262 g/mol. The van der Waals surface area contributed by atoms with Gasteiger partial charge in [-0.1, -0.05) is 6.92 Å². The first-order chi connectivity index (χ1) is 8.66. The highest BCUT2D eigenvalue weighted by Crippen LogP contribution is 2.32. The summed E-state index contributed by atoms with van der Waals surface area (Å²) < 4.78 is 0. The summed E-state index contributed by atoms with van der Waals surface area (Å²) in [6.45, 7) is 3.78. The second-order valence-corrected chi connectivity index (χ2v) is 5.70. The van der Waals surface area contributed by atoms with Gasteiger partial charge in [0.25, 0.3) is 5.91 Å². The molecule has 1 atom stereocenters. The maximum absolute atomic E-state index is 12.4. The molecule has 1 aliphatic heterocycles. The summed E-state index contributed by atoms with van der Waals surface area (Å²) in [5.41, 5.74) is 7.11. The lowest BCUT2D eigenvalue weighted by Gasteiger charge is -2.14. The first kappa shape index (κ1) is 11.4. The van der Waals surface area contributed by atoms with E-state index in [4.69, 9.17) is 5.73 Å². The Hall–Kier alpha value is -1.69. The number of anilines is 1. The van der Waals surface area contributed by atoms with Crippen molar-refractivity contribution in [2.75, 3.05) is 18.8 Å². The number of nitrogen functional groups attached to an aromatic ring is 1. The second kappa shape index (κ2) is 4.20. The van der Waals surface area contributed by atoms with E-state index in [9.17, 15) is 4.79 Å². The fourth-order valence-corrected chi connectivity index (χ4v) is 3.26. The normalized spacial score (nSPS) is 19.6. The number of hydrogen-bond acceptors (Lipinski definition) is 5. The molecule has 2 aromatic heterocycles. The highest BCUT2D eigenvalue weighted by atomic mass is 32.1. The minimum atomic E-state index is 0.0154. The largest absolute Gasteiger partial charge is 0.396 e. The Kier molecular flexibility index (Phi) is 2.66. The fraction of sp³-hybridized carbons (Fsp3) is 0.417. The van der Waals surface area contributed by atoms with Crippen LogP contribution in [0.2, 0.25) is 0 Å². The third-order valence-corrected chi connectivity index (χ3v) is 4.36. The zero-order chi connectivity index (χ0) is 12.7. The lowest BCUT2D eigenvalue weighted by atomic mass is 10.2. The molecular weight excluding hydrogens is 248 g/mol. The monoisotopic (exact) mass is 262 g/mol. The molecule has 2 N–H and O–H groups in total. The number of nitrogens with zero attached hydrogens (tertiary/aromatic N) is 3. The van der Waals surface area contributed by atoms with Crippen LogP contribution in [-0.2, 0) is 0 Å². The van der Waals surface area contributed by atoms with Crippen LogP contribution in [0.25, 0.3) is 10.3 Å². The number of thiophene rings is 1. The summed E-state index contributed by atoms with van der Waals surface area (Å²) in [4.78, 5) is 23.9. The number of fused-ring (bicyclic) bond motifs is 1. The van der Waals surface area contributed by atoms with Crippen molar-refractivity contribution >= 4 is 33.3 Å². The number of nitrogens with two attached hydrogens (primary N) is 1. The molecule has 5 nitrogen and oxygen atoms in total. The number of carbonyl (C=O) groups excluding carboxylic acids is 1. The molecule has 0 aromatic carbocycles. The average Bonchev–Trinajstić information content (AvgIpc) is 2.94. The Morgan fingerprint density at radius 1 is 1.50 bits per heavy atom. The molecule has 0 bridgehead atoms. The van der Waals surface area contributed by atoms with E-state index >= 15 is 0 Å². The maximum Gasteiger partial charge on any atom is 0.266 e. The van der Waals surface area contributed by atoms with Crippen LogP contribution in [0, 0.1) is 5.92 Å². The third-order valence-electron chi connectivity index (χ3n) is 3.27. The Morgan fingerprint density at radius 2 is 2.28 bits per heavy atom. The van der Waals surface area contributed by atoms with E-state index in [0.29, 0.717) is 22.0 Å². The quantitative estimate of drug-likeness (QED) is 0.850. The zero-order valence-electron chi connectivity index (χ0n) is 10.1. The zero-order valence-corrected chi connectivity index (χ0v) is 10.9. The lowest BCUT2D eigenvalue weighted by Crippen LogP contribution is -2.28. The summed E-state index contributed by atoms with van der Waals surface area (Å²) in [5.74, 6) is 0.586. The molecule has 3 heterocycles. The summed E-state index contributed by atoms with van der Waals surface area (Å²) in [6, 6.07) is 0. The van der Waals surface area contributed by atoms with Crippen LogP contribution >= 0.6 is 11.3 Å². The number of hydrogen-bond donors (Lipinski definition) is 1. The third kappa shape index (κ3) is 1.73. The van der Waals surface area contributed by atoms with Crippen molar-refractivity contribution in [2.45, 2.75) is 13.3 Å². The van der Waals surface area contributed by atoms with Gasteiger partial charge in [-0.2, -0.15) is 0 Å². The first-order valence-electron chi connectivity index (χ1n) is 5.95. The Bertz CT molecular complexity index is 609. The van der Waals surface area contributed by atoms with Crippen molar-refractivity contribution in [3.63, 3.8) is 0 Å². The molecule has 1 unspecified atom stereocenters. The summed E-state index contributed by atoms with van der Waals surface area (Å²) in [7, 11) is 0. The van der Waals surface area contributed by atoms with Crippen LogP contribution in [-0.4, -0.2) is 33.9 Å². The van der Waals surface area contributed by atoms with E-state index in [1.54, 1.807) is 12.4 Å². The van der Waals surface area contributed by atoms with Crippen molar-refractivity contribution in [3.05, 3.63) is 17.3 Å². The molecule has 1 fully saturated rings. The number of likely N-dealkylation sites (tertiary alicyclic amines) is 1. The Balaban J connectivity index is 1.99. The van der Waals surface area contributed by atoms with Gasteiger partial charge in [0, 0.05) is 25.5 Å². The highest BCUT2D eigenvalue weighted by molar-refractivity contribution is 7.21. The molecule has 1 saturated heterocycles. The molecule has 18 heavy (non-hydrogen) atoms. The molecule has 0 spiro atoms. The fourth-order valence-electron chi connectivity index (χ4n) is 2.27. The van der Waals surface area contributed by atoms with Crippen molar-refractivity contribution in [2.24, 2.45) is 5.92 Å². The molecular formula is C12H14N4OS. The number of rotatable bonds is 1. The van der Waals surface area contributed by atoms with E-state index in [-0.39, 0.29) is 5.91 Å². The topological polar surface area (TPSA) is 72.1 Å². The minimum Gasteiger partial charge on any atom is -0.396 e. The van der Waals surface area contributed by atoms with Crippen molar-refractivity contribution in [1.29, 1.82) is 0 Å². The molecule has 6 heteroatoms. The van der Waals surface area contributed by atoms with Gasteiger partial charge in [0.05, 0.1) is 5.69 Å². The summed E-state index contributed by atoms with van der Waals surface area (Å²) in [6.07, 6.45) is 4.27. The van der Waals surface area contributed by atoms with Gasteiger partial charge < -0.3 is 10.6 Å². The van der Waals surface area contributed by atoms with Crippen molar-refractivity contribution < 1.29 is 4.79 Å². The van der Waals surface area contributed by atoms with Gasteiger partial charge in [0.1, 0.15) is 15.2 Å². The van der Waals surface area contributed by atoms with Crippen molar-refractivity contribution in [3.8, 4) is 0 Å². The van der Waals surface area contributed by atoms with Gasteiger partial charge in [-0.25, -0.2) is 9.97 Å². The predicted molar refractivity (Wildman–Crippen MR) is 71.5 cm³/mol.